The van der Waals surface area contributed by atoms with Crippen molar-refractivity contribution in [3.05, 3.63) is 46.6 Å². The molecule has 2 aromatic rings. The summed E-state index contributed by atoms with van der Waals surface area (Å²) in [6.07, 6.45) is 1.12. The second-order valence-corrected chi connectivity index (χ2v) is 5.17. The molecule has 0 unspecified atom stereocenters. The van der Waals surface area contributed by atoms with Crippen molar-refractivity contribution in [2.45, 2.75) is 19.8 Å². The molecule has 5 heteroatoms. The van der Waals surface area contributed by atoms with E-state index >= 15 is 0 Å². The molecule has 0 aliphatic rings. The Hall–Kier alpha value is -1.62. The van der Waals surface area contributed by atoms with Gasteiger partial charge < -0.3 is 0 Å². The predicted octanol–water partition coefficient (Wildman–Crippen LogP) is 4.82. The maximum atomic E-state index is 13.6. The van der Waals surface area contributed by atoms with Gasteiger partial charge in [0.15, 0.2) is 17.4 Å². The summed E-state index contributed by atoms with van der Waals surface area (Å²) in [5.41, 5.74) is -0.155. The molecule has 1 aromatic carbocycles. The lowest BCUT2D eigenvalue weighted by Crippen LogP contribution is -1.93. The lowest BCUT2D eigenvalue weighted by atomic mass is 10.1. The second kappa shape index (κ2) is 5.57. The Labute approximate surface area is 112 Å². The van der Waals surface area contributed by atoms with E-state index in [-0.39, 0.29) is 11.3 Å². The number of carbonyl (C=O) groups is 1. The monoisotopic (exact) mass is 284 g/mol. The van der Waals surface area contributed by atoms with Crippen LogP contribution in [0.25, 0.3) is 10.4 Å². The van der Waals surface area contributed by atoms with Crippen LogP contribution >= 0.6 is 11.3 Å². The Morgan fingerprint density at radius 1 is 1.21 bits per heavy atom. The molecule has 0 fully saturated rings. The number of thiophene rings is 1. The molecule has 1 aromatic heterocycles. The lowest BCUT2D eigenvalue weighted by molar-refractivity contribution is 0.0985. The Morgan fingerprint density at radius 2 is 1.95 bits per heavy atom. The van der Waals surface area contributed by atoms with E-state index in [1.165, 1.54) is 6.07 Å². The molecule has 100 valence electrons. The van der Waals surface area contributed by atoms with Crippen LogP contribution in [0.2, 0.25) is 0 Å². The van der Waals surface area contributed by atoms with Crippen molar-refractivity contribution in [2.24, 2.45) is 0 Å². The average Bonchev–Trinajstić information content (AvgIpc) is 2.83. The molecule has 0 bridgehead atoms. The summed E-state index contributed by atoms with van der Waals surface area (Å²) in [4.78, 5) is 12.5. The van der Waals surface area contributed by atoms with Gasteiger partial charge in [0.2, 0.25) is 0 Å². The molecule has 19 heavy (non-hydrogen) atoms. The smallest absolute Gasteiger partial charge is 0.172 e. The minimum atomic E-state index is -1.23. The number of ketones is 1. The number of benzene rings is 1. The summed E-state index contributed by atoms with van der Waals surface area (Å²) < 4.78 is 39.9. The van der Waals surface area contributed by atoms with Gasteiger partial charge in [0.1, 0.15) is 5.82 Å². The first-order valence-corrected chi connectivity index (χ1v) is 6.62. The molecule has 0 N–H and O–H groups in total. The first-order chi connectivity index (χ1) is 9.02. The van der Waals surface area contributed by atoms with Gasteiger partial charge in [-0.3, -0.25) is 4.79 Å². The molecule has 1 heterocycles. The maximum Gasteiger partial charge on any atom is 0.172 e. The fourth-order valence-electron chi connectivity index (χ4n) is 1.72. The van der Waals surface area contributed by atoms with Gasteiger partial charge in [0.25, 0.3) is 0 Å². The van der Waals surface area contributed by atoms with Crippen molar-refractivity contribution in [3.63, 3.8) is 0 Å². The van der Waals surface area contributed by atoms with Crippen LogP contribution in [0.4, 0.5) is 13.2 Å². The first-order valence-electron chi connectivity index (χ1n) is 5.81. The number of halogens is 3. The molecule has 2 rings (SSSR count). The summed E-state index contributed by atoms with van der Waals surface area (Å²) in [5, 5.41) is 0. The first kappa shape index (κ1) is 13.8. The molecule has 0 aliphatic carbocycles. The highest BCUT2D eigenvalue weighted by atomic mass is 32.1. The van der Waals surface area contributed by atoms with Crippen LogP contribution in [0.3, 0.4) is 0 Å². The van der Waals surface area contributed by atoms with Crippen LogP contribution in [0.5, 0.6) is 0 Å². The van der Waals surface area contributed by atoms with Crippen LogP contribution in [-0.2, 0) is 0 Å². The Balaban J connectivity index is 2.41. The van der Waals surface area contributed by atoms with E-state index in [9.17, 15) is 18.0 Å². The van der Waals surface area contributed by atoms with E-state index in [4.69, 9.17) is 0 Å². The zero-order valence-electron chi connectivity index (χ0n) is 10.2. The van der Waals surface area contributed by atoms with Crippen LogP contribution < -0.4 is 0 Å². The Bertz CT molecular complexity index is 619. The molecule has 0 aliphatic heterocycles. The largest absolute Gasteiger partial charge is 0.293 e. The zero-order chi connectivity index (χ0) is 14.0. The molecule has 0 amide bonds. The normalized spacial score (nSPS) is 10.7. The van der Waals surface area contributed by atoms with Crippen molar-refractivity contribution in [2.75, 3.05) is 0 Å². The fraction of sp³-hybridized carbons (Fsp3) is 0.214. The molecule has 0 saturated carbocycles. The summed E-state index contributed by atoms with van der Waals surface area (Å²) >= 11 is 1.04. The zero-order valence-corrected chi connectivity index (χ0v) is 11.0. The molecule has 0 spiro atoms. The van der Waals surface area contributed by atoms with Gasteiger partial charge in [-0.15, -0.1) is 11.3 Å². The van der Waals surface area contributed by atoms with Gasteiger partial charge in [-0.05, 0) is 24.6 Å². The maximum absolute atomic E-state index is 13.6. The third-order valence-corrected chi connectivity index (χ3v) is 3.78. The van der Waals surface area contributed by atoms with E-state index < -0.39 is 17.5 Å². The van der Waals surface area contributed by atoms with Gasteiger partial charge in [0.05, 0.1) is 4.88 Å². The molecule has 0 atom stereocenters. The number of rotatable bonds is 4. The minimum Gasteiger partial charge on any atom is -0.293 e. The Kier molecular flexibility index (Phi) is 4.04. The van der Waals surface area contributed by atoms with Crippen molar-refractivity contribution < 1.29 is 18.0 Å². The van der Waals surface area contributed by atoms with Crippen LogP contribution in [0.1, 0.15) is 29.4 Å². The SMILES string of the molecule is CCCC(=O)c1ccc(-c2cc(F)cc(F)c2F)s1. The van der Waals surface area contributed by atoms with Crippen molar-refractivity contribution >= 4 is 17.1 Å². The van der Waals surface area contributed by atoms with Crippen molar-refractivity contribution in [1.82, 2.24) is 0 Å². The van der Waals surface area contributed by atoms with E-state index in [0.717, 1.165) is 23.8 Å². The molecular formula is C14H11F3OS. The molecule has 1 nitrogen and oxygen atoms in total. The minimum absolute atomic E-state index is 0.0453. The van der Waals surface area contributed by atoms with E-state index in [2.05, 4.69) is 0 Å². The number of hydrogen-bond acceptors (Lipinski definition) is 2. The number of carbonyl (C=O) groups excluding carboxylic acids is 1. The van der Waals surface area contributed by atoms with Gasteiger partial charge >= 0.3 is 0 Å². The standard InChI is InChI=1S/C14H11F3OS/c1-2-3-11(18)13-5-4-12(19-13)9-6-8(15)7-10(16)14(9)17/h4-7H,2-3H2,1H3. The summed E-state index contributed by atoms with van der Waals surface area (Å²) in [6, 6.07) is 4.49. The fourth-order valence-corrected chi connectivity index (χ4v) is 2.70. The van der Waals surface area contributed by atoms with E-state index in [1.807, 2.05) is 6.92 Å². The lowest BCUT2D eigenvalue weighted by Gasteiger charge is -2.01. The van der Waals surface area contributed by atoms with Crippen molar-refractivity contribution in [1.29, 1.82) is 0 Å². The Morgan fingerprint density at radius 3 is 2.63 bits per heavy atom. The second-order valence-electron chi connectivity index (χ2n) is 4.09. The van der Waals surface area contributed by atoms with Gasteiger partial charge in [-0.25, -0.2) is 13.2 Å². The molecule has 0 saturated heterocycles. The predicted molar refractivity (Wildman–Crippen MR) is 68.9 cm³/mol. The third-order valence-electron chi connectivity index (χ3n) is 2.62. The quantitative estimate of drug-likeness (QED) is 0.581. The van der Waals surface area contributed by atoms with Gasteiger partial charge in [0, 0.05) is 22.9 Å². The van der Waals surface area contributed by atoms with Crippen LogP contribution in [0, 0.1) is 17.5 Å². The number of hydrogen-bond donors (Lipinski definition) is 0. The highest BCUT2D eigenvalue weighted by Gasteiger charge is 2.16. The van der Waals surface area contributed by atoms with E-state index in [1.54, 1.807) is 6.07 Å². The highest BCUT2D eigenvalue weighted by molar-refractivity contribution is 7.17. The van der Waals surface area contributed by atoms with Crippen molar-refractivity contribution in [3.8, 4) is 10.4 Å². The molecule has 0 radical (unpaired) electrons. The summed E-state index contributed by atoms with van der Waals surface area (Å²) in [5.74, 6) is -3.22. The van der Waals surface area contributed by atoms with Gasteiger partial charge in [-0.2, -0.15) is 0 Å². The topological polar surface area (TPSA) is 17.1 Å². The molecular weight excluding hydrogens is 273 g/mol. The average molecular weight is 284 g/mol. The number of Topliss-reactive ketones (excluding diaryl/α,β-unsaturated/α-hetero) is 1. The summed E-state index contributed by atoms with van der Waals surface area (Å²) in [7, 11) is 0. The highest BCUT2D eigenvalue weighted by Crippen LogP contribution is 2.32. The van der Waals surface area contributed by atoms with Gasteiger partial charge in [-0.1, -0.05) is 6.92 Å². The third kappa shape index (κ3) is 2.87. The van der Waals surface area contributed by atoms with Crippen LogP contribution in [0.15, 0.2) is 24.3 Å². The van der Waals surface area contributed by atoms with E-state index in [0.29, 0.717) is 22.2 Å². The van der Waals surface area contributed by atoms with Crippen LogP contribution in [-0.4, -0.2) is 5.78 Å². The summed E-state index contributed by atoms with van der Waals surface area (Å²) in [6.45, 7) is 1.88.